The zero-order valence-corrected chi connectivity index (χ0v) is 9.70. The Morgan fingerprint density at radius 1 is 1.22 bits per heavy atom. The quantitative estimate of drug-likeness (QED) is 0.880. The highest BCUT2D eigenvalue weighted by atomic mass is 19.4. The van der Waals surface area contributed by atoms with E-state index in [1.807, 2.05) is 6.08 Å². The lowest BCUT2D eigenvalue weighted by molar-refractivity contribution is -0.274. The molecule has 1 saturated carbocycles. The highest BCUT2D eigenvalue weighted by molar-refractivity contribution is 5.54. The SMILES string of the molecule is NC1CC/C(=C\c2ccc(OC(F)(F)F)cc2)C1. The topological polar surface area (TPSA) is 35.2 Å². The van der Waals surface area contributed by atoms with Crippen molar-refractivity contribution in [2.24, 2.45) is 5.73 Å². The monoisotopic (exact) mass is 257 g/mol. The fraction of sp³-hybridized carbons (Fsp3) is 0.385. The van der Waals surface area contributed by atoms with E-state index in [4.69, 9.17) is 5.73 Å². The summed E-state index contributed by atoms with van der Waals surface area (Å²) < 4.78 is 39.7. The van der Waals surface area contributed by atoms with Gasteiger partial charge in [0.2, 0.25) is 0 Å². The average molecular weight is 257 g/mol. The minimum Gasteiger partial charge on any atom is -0.406 e. The summed E-state index contributed by atoms with van der Waals surface area (Å²) >= 11 is 0. The summed E-state index contributed by atoms with van der Waals surface area (Å²) in [4.78, 5) is 0. The first-order valence-electron chi connectivity index (χ1n) is 5.73. The molecule has 0 aliphatic heterocycles. The Kier molecular flexibility index (Phi) is 3.61. The van der Waals surface area contributed by atoms with Gasteiger partial charge in [0, 0.05) is 6.04 Å². The van der Waals surface area contributed by atoms with Gasteiger partial charge in [-0.15, -0.1) is 13.2 Å². The third-order valence-electron chi connectivity index (χ3n) is 2.85. The number of benzene rings is 1. The van der Waals surface area contributed by atoms with Crippen LogP contribution in [0.3, 0.4) is 0 Å². The Morgan fingerprint density at radius 3 is 2.39 bits per heavy atom. The first-order chi connectivity index (χ1) is 8.42. The van der Waals surface area contributed by atoms with Gasteiger partial charge in [0.15, 0.2) is 0 Å². The van der Waals surface area contributed by atoms with E-state index in [1.165, 1.54) is 17.7 Å². The van der Waals surface area contributed by atoms with Crippen molar-refractivity contribution in [2.45, 2.75) is 31.7 Å². The van der Waals surface area contributed by atoms with Crippen molar-refractivity contribution in [3.63, 3.8) is 0 Å². The summed E-state index contributed by atoms with van der Waals surface area (Å²) in [6, 6.07) is 6.06. The molecule has 0 spiro atoms. The molecule has 1 aromatic carbocycles. The predicted octanol–water partition coefficient (Wildman–Crippen LogP) is 3.48. The molecule has 1 atom stereocenters. The van der Waals surface area contributed by atoms with Gasteiger partial charge in [-0.3, -0.25) is 0 Å². The molecule has 2 N–H and O–H groups in total. The number of ether oxygens (including phenoxy) is 1. The molecule has 2 nitrogen and oxygen atoms in total. The zero-order valence-electron chi connectivity index (χ0n) is 9.70. The molecular formula is C13H14F3NO. The molecule has 0 aromatic heterocycles. The molecule has 0 radical (unpaired) electrons. The fourth-order valence-corrected chi connectivity index (χ4v) is 2.04. The molecule has 0 heterocycles. The van der Waals surface area contributed by atoms with Crippen LogP contribution in [0.15, 0.2) is 29.8 Å². The molecule has 1 unspecified atom stereocenters. The van der Waals surface area contributed by atoms with Crippen molar-refractivity contribution in [1.29, 1.82) is 0 Å². The summed E-state index contributed by atoms with van der Waals surface area (Å²) in [6.07, 6.45) is 0.131. The van der Waals surface area contributed by atoms with E-state index >= 15 is 0 Å². The van der Waals surface area contributed by atoms with E-state index in [1.54, 1.807) is 12.1 Å². The summed E-state index contributed by atoms with van der Waals surface area (Å²) in [6.45, 7) is 0. The minimum atomic E-state index is -4.64. The van der Waals surface area contributed by atoms with Gasteiger partial charge in [-0.25, -0.2) is 0 Å². The van der Waals surface area contributed by atoms with Gasteiger partial charge in [0.05, 0.1) is 0 Å². The molecule has 1 aromatic rings. The lowest BCUT2D eigenvalue weighted by Crippen LogP contribution is -2.16. The van der Waals surface area contributed by atoms with E-state index in [0.717, 1.165) is 24.8 Å². The number of nitrogens with two attached hydrogens (primary N) is 1. The standard InChI is InChI=1S/C13H14F3NO/c14-13(15,16)18-12-5-2-9(3-6-12)7-10-1-4-11(17)8-10/h2-3,5-7,11H,1,4,8,17H2/b10-7+. The van der Waals surface area contributed by atoms with Crippen molar-refractivity contribution >= 4 is 6.08 Å². The van der Waals surface area contributed by atoms with Crippen molar-refractivity contribution in [3.8, 4) is 5.75 Å². The van der Waals surface area contributed by atoms with E-state index in [0.29, 0.717) is 0 Å². The highest BCUT2D eigenvalue weighted by Crippen LogP contribution is 2.27. The molecule has 2 rings (SSSR count). The van der Waals surface area contributed by atoms with Gasteiger partial charge >= 0.3 is 6.36 Å². The summed E-state index contributed by atoms with van der Waals surface area (Å²) in [7, 11) is 0. The van der Waals surface area contributed by atoms with Crippen LogP contribution in [-0.4, -0.2) is 12.4 Å². The maximum atomic E-state index is 12.0. The summed E-state index contributed by atoms with van der Waals surface area (Å²) in [5, 5.41) is 0. The van der Waals surface area contributed by atoms with Crippen LogP contribution >= 0.6 is 0 Å². The molecule has 0 amide bonds. The third kappa shape index (κ3) is 3.77. The molecule has 1 aliphatic carbocycles. The lowest BCUT2D eigenvalue weighted by Gasteiger charge is -2.08. The summed E-state index contributed by atoms with van der Waals surface area (Å²) in [5.41, 5.74) is 7.90. The van der Waals surface area contributed by atoms with Crippen LogP contribution in [0.5, 0.6) is 5.75 Å². The molecular weight excluding hydrogens is 243 g/mol. The maximum absolute atomic E-state index is 12.0. The largest absolute Gasteiger partial charge is 0.573 e. The van der Waals surface area contributed by atoms with E-state index < -0.39 is 6.36 Å². The Hall–Kier alpha value is -1.49. The van der Waals surface area contributed by atoms with Gasteiger partial charge in [-0.1, -0.05) is 23.8 Å². The van der Waals surface area contributed by atoms with Crippen LogP contribution in [-0.2, 0) is 0 Å². The Balaban J connectivity index is 2.04. The van der Waals surface area contributed by atoms with Crippen LogP contribution in [0.1, 0.15) is 24.8 Å². The average Bonchev–Trinajstić information content (AvgIpc) is 2.65. The molecule has 98 valence electrons. The maximum Gasteiger partial charge on any atom is 0.573 e. The van der Waals surface area contributed by atoms with E-state index in [2.05, 4.69) is 4.74 Å². The smallest absolute Gasteiger partial charge is 0.406 e. The fourth-order valence-electron chi connectivity index (χ4n) is 2.04. The first kappa shape index (κ1) is 13.0. The lowest BCUT2D eigenvalue weighted by atomic mass is 10.1. The van der Waals surface area contributed by atoms with Crippen molar-refractivity contribution in [2.75, 3.05) is 0 Å². The van der Waals surface area contributed by atoms with Crippen LogP contribution in [0, 0.1) is 0 Å². The van der Waals surface area contributed by atoms with Crippen LogP contribution in [0.4, 0.5) is 13.2 Å². The molecule has 5 heteroatoms. The first-order valence-corrected chi connectivity index (χ1v) is 5.73. The normalized spacial score (nSPS) is 22.4. The van der Waals surface area contributed by atoms with Crippen LogP contribution in [0.25, 0.3) is 6.08 Å². The van der Waals surface area contributed by atoms with Crippen LogP contribution in [0.2, 0.25) is 0 Å². The highest BCUT2D eigenvalue weighted by Gasteiger charge is 2.30. The Labute approximate surface area is 103 Å². The minimum absolute atomic E-state index is 0.201. The number of rotatable bonds is 2. The summed E-state index contributed by atoms with van der Waals surface area (Å²) in [5.74, 6) is -0.201. The second-order valence-electron chi connectivity index (χ2n) is 4.42. The Bertz CT molecular complexity index is 437. The number of hydrogen-bond acceptors (Lipinski definition) is 2. The van der Waals surface area contributed by atoms with Gasteiger partial charge in [0.1, 0.15) is 5.75 Å². The van der Waals surface area contributed by atoms with Crippen molar-refractivity contribution in [1.82, 2.24) is 0 Å². The third-order valence-corrected chi connectivity index (χ3v) is 2.85. The molecule has 0 saturated heterocycles. The van der Waals surface area contributed by atoms with Crippen molar-refractivity contribution in [3.05, 3.63) is 35.4 Å². The number of halogens is 3. The second-order valence-corrected chi connectivity index (χ2v) is 4.42. The predicted molar refractivity (Wildman–Crippen MR) is 62.9 cm³/mol. The molecule has 18 heavy (non-hydrogen) atoms. The molecule has 0 bridgehead atoms. The number of alkyl halides is 3. The number of hydrogen-bond donors (Lipinski definition) is 1. The molecule has 1 aliphatic rings. The van der Waals surface area contributed by atoms with Crippen molar-refractivity contribution < 1.29 is 17.9 Å². The van der Waals surface area contributed by atoms with E-state index in [-0.39, 0.29) is 11.8 Å². The second kappa shape index (κ2) is 5.02. The Morgan fingerprint density at radius 2 is 1.89 bits per heavy atom. The van der Waals surface area contributed by atoms with E-state index in [9.17, 15) is 13.2 Å². The van der Waals surface area contributed by atoms with Gasteiger partial charge < -0.3 is 10.5 Å². The van der Waals surface area contributed by atoms with Gasteiger partial charge in [-0.2, -0.15) is 0 Å². The van der Waals surface area contributed by atoms with Crippen LogP contribution < -0.4 is 10.5 Å². The zero-order chi connectivity index (χ0) is 13.2. The molecule has 1 fully saturated rings. The van der Waals surface area contributed by atoms with Gasteiger partial charge in [0.25, 0.3) is 0 Å². The van der Waals surface area contributed by atoms with Gasteiger partial charge in [-0.05, 0) is 37.0 Å².